The molecule has 0 bridgehead atoms. The fourth-order valence-corrected chi connectivity index (χ4v) is 4.02. The third kappa shape index (κ3) is 6.14. The van der Waals surface area contributed by atoms with E-state index in [1.807, 2.05) is 0 Å². The molecular formula is C23H19ClF7N3O3. The van der Waals surface area contributed by atoms with Crippen molar-refractivity contribution in [3.63, 3.8) is 0 Å². The maximum Gasteiger partial charge on any atom is 0.419 e. The molecule has 37 heavy (non-hydrogen) atoms. The van der Waals surface area contributed by atoms with Gasteiger partial charge in [0, 0.05) is 11.3 Å². The standard InChI is InChI=1S/C23H19ClF7N3O3/c1-3-37-20(36)21(2)11-34(33-19(21)12-4-6-14(16(24)8-12)22(26,27)28)10-18(35)32-13-5-7-15(17(25)9-13)23(29,30)31/h4-9H,3,10-11H2,1-2H3,(H,32,35). The molecule has 1 unspecified atom stereocenters. The average molecular weight is 554 g/mol. The summed E-state index contributed by atoms with van der Waals surface area (Å²) in [4.78, 5) is 25.2. The summed E-state index contributed by atoms with van der Waals surface area (Å²) in [6, 6.07) is 4.67. The van der Waals surface area contributed by atoms with Crippen molar-refractivity contribution < 1.29 is 45.1 Å². The molecule has 0 radical (unpaired) electrons. The van der Waals surface area contributed by atoms with Crippen LogP contribution in [0.2, 0.25) is 5.02 Å². The number of esters is 1. The normalized spacial score (nSPS) is 18.0. The van der Waals surface area contributed by atoms with E-state index in [9.17, 15) is 40.3 Å². The molecule has 2 aromatic rings. The minimum atomic E-state index is -4.91. The van der Waals surface area contributed by atoms with Crippen LogP contribution in [0.4, 0.5) is 36.4 Å². The van der Waals surface area contributed by atoms with Gasteiger partial charge in [0.25, 0.3) is 0 Å². The second-order valence-corrected chi connectivity index (χ2v) is 8.66. The first-order valence-corrected chi connectivity index (χ1v) is 11.0. The van der Waals surface area contributed by atoms with Gasteiger partial charge < -0.3 is 10.1 Å². The average Bonchev–Trinajstić information content (AvgIpc) is 3.09. The molecule has 0 saturated heterocycles. The second kappa shape index (κ2) is 10.2. The van der Waals surface area contributed by atoms with E-state index in [1.54, 1.807) is 6.92 Å². The van der Waals surface area contributed by atoms with Crippen molar-refractivity contribution in [1.29, 1.82) is 0 Å². The van der Waals surface area contributed by atoms with Crippen LogP contribution in [0.15, 0.2) is 41.5 Å². The van der Waals surface area contributed by atoms with Gasteiger partial charge >= 0.3 is 18.3 Å². The lowest BCUT2D eigenvalue weighted by molar-refractivity contribution is -0.150. The molecular weight excluding hydrogens is 535 g/mol. The predicted octanol–water partition coefficient (Wildman–Crippen LogP) is 5.74. The molecule has 0 aromatic heterocycles. The van der Waals surface area contributed by atoms with Crippen molar-refractivity contribution in [2.75, 3.05) is 25.0 Å². The van der Waals surface area contributed by atoms with Gasteiger partial charge in [-0.1, -0.05) is 17.7 Å². The van der Waals surface area contributed by atoms with E-state index in [-0.39, 0.29) is 30.1 Å². The van der Waals surface area contributed by atoms with Crippen LogP contribution in [0, 0.1) is 11.2 Å². The number of carbonyl (C=O) groups is 2. The van der Waals surface area contributed by atoms with E-state index in [0.717, 1.165) is 29.3 Å². The maximum atomic E-state index is 13.8. The number of rotatable bonds is 6. The molecule has 1 N–H and O–H groups in total. The summed E-state index contributed by atoms with van der Waals surface area (Å²) in [7, 11) is 0. The van der Waals surface area contributed by atoms with Gasteiger partial charge in [-0.3, -0.25) is 14.6 Å². The van der Waals surface area contributed by atoms with Crippen molar-refractivity contribution in [2.45, 2.75) is 26.2 Å². The number of alkyl halides is 6. The highest BCUT2D eigenvalue weighted by Gasteiger charge is 2.47. The van der Waals surface area contributed by atoms with Gasteiger partial charge in [0.05, 0.1) is 35.0 Å². The van der Waals surface area contributed by atoms with E-state index in [1.165, 1.54) is 6.92 Å². The fraction of sp³-hybridized carbons (Fsp3) is 0.348. The van der Waals surface area contributed by atoms with Crippen LogP contribution in [-0.4, -0.2) is 42.3 Å². The number of nitrogens with zero attached hydrogens (tertiary/aromatic N) is 2. The minimum absolute atomic E-state index is 0.00452. The van der Waals surface area contributed by atoms with Crippen LogP contribution in [0.1, 0.15) is 30.5 Å². The van der Waals surface area contributed by atoms with Gasteiger partial charge in [-0.15, -0.1) is 0 Å². The number of ether oxygens (including phenoxy) is 1. The number of hydrogen-bond acceptors (Lipinski definition) is 5. The van der Waals surface area contributed by atoms with Gasteiger partial charge in [0.2, 0.25) is 5.91 Å². The first-order chi connectivity index (χ1) is 17.1. The Morgan fingerprint density at radius 3 is 2.24 bits per heavy atom. The Labute approximate surface area is 211 Å². The number of nitrogens with one attached hydrogen (secondary N) is 1. The molecule has 200 valence electrons. The van der Waals surface area contributed by atoms with Gasteiger partial charge in [-0.2, -0.15) is 31.4 Å². The number of anilines is 1. The Balaban J connectivity index is 1.86. The molecule has 1 amide bonds. The molecule has 1 heterocycles. The largest absolute Gasteiger partial charge is 0.465 e. The van der Waals surface area contributed by atoms with Crippen LogP contribution >= 0.6 is 11.6 Å². The lowest BCUT2D eigenvalue weighted by Gasteiger charge is -2.24. The van der Waals surface area contributed by atoms with E-state index < -0.39 is 58.2 Å². The molecule has 1 atom stereocenters. The van der Waals surface area contributed by atoms with Crippen LogP contribution in [0.3, 0.4) is 0 Å². The van der Waals surface area contributed by atoms with Crippen molar-refractivity contribution in [2.24, 2.45) is 10.5 Å². The quantitative estimate of drug-likeness (QED) is 0.366. The summed E-state index contributed by atoms with van der Waals surface area (Å²) in [5, 5.41) is 6.96. The molecule has 0 aliphatic carbocycles. The highest BCUT2D eigenvalue weighted by atomic mass is 35.5. The summed E-state index contributed by atoms with van der Waals surface area (Å²) < 4.78 is 96.4. The lowest BCUT2D eigenvalue weighted by atomic mass is 9.82. The van der Waals surface area contributed by atoms with E-state index in [0.29, 0.717) is 12.1 Å². The summed E-state index contributed by atoms with van der Waals surface area (Å²) in [6.07, 6.45) is -9.62. The summed E-state index contributed by atoms with van der Waals surface area (Å²) in [6.45, 7) is 2.24. The zero-order valence-electron chi connectivity index (χ0n) is 19.2. The number of benzene rings is 2. The van der Waals surface area contributed by atoms with E-state index >= 15 is 0 Å². The molecule has 14 heteroatoms. The molecule has 2 aromatic carbocycles. The maximum absolute atomic E-state index is 13.8. The third-order valence-corrected chi connectivity index (χ3v) is 5.73. The zero-order chi connectivity index (χ0) is 27.8. The smallest absolute Gasteiger partial charge is 0.419 e. The van der Waals surface area contributed by atoms with Crippen molar-refractivity contribution in [3.8, 4) is 0 Å². The lowest BCUT2D eigenvalue weighted by Crippen LogP contribution is -2.41. The first-order valence-electron chi connectivity index (χ1n) is 10.6. The summed E-state index contributed by atoms with van der Waals surface area (Å²) >= 11 is 5.82. The molecule has 0 spiro atoms. The van der Waals surface area contributed by atoms with Crippen molar-refractivity contribution >= 4 is 34.9 Å². The number of halogens is 8. The van der Waals surface area contributed by atoms with Crippen LogP contribution in [0.25, 0.3) is 0 Å². The Bertz CT molecular complexity index is 1250. The topological polar surface area (TPSA) is 71.0 Å². The molecule has 1 aliphatic heterocycles. The third-order valence-electron chi connectivity index (χ3n) is 5.42. The van der Waals surface area contributed by atoms with Crippen molar-refractivity contribution in [3.05, 3.63) is 63.9 Å². The minimum Gasteiger partial charge on any atom is -0.465 e. The Morgan fingerprint density at radius 1 is 1.08 bits per heavy atom. The van der Waals surface area contributed by atoms with E-state index in [2.05, 4.69) is 10.4 Å². The number of amides is 1. The Hall–Kier alpha value is -3.35. The van der Waals surface area contributed by atoms with Gasteiger partial charge in [0.15, 0.2) is 0 Å². The number of hydrogen-bond donors (Lipinski definition) is 1. The molecule has 1 aliphatic rings. The van der Waals surface area contributed by atoms with Crippen LogP contribution < -0.4 is 5.32 Å². The van der Waals surface area contributed by atoms with Crippen LogP contribution in [0.5, 0.6) is 0 Å². The monoisotopic (exact) mass is 553 g/mol. The van der Waals surface area contributed by atoms with Crippen molar-refractivity contribution in [1.82, 2.24) is 5.01 Å². The molecule has 6 nitrogen and oxygen atoms in total. The predicted molar refractivity (Wildman–Crippen MR) is 119 cm³/mol. The SMILES string of the molecule is CCOC(=O)C1(C)CN(CC(=O)Nc2ccc(C(F)(F)F)c(F)c2)N=C1c1ccc(C(F)(F)F)c(Cl)c1. The number of hydrazone groups is 1. The first kappa shape index (κ1) is 28.2. The highest BCUT2D eigenvalue weighted by molar-refractivity contribution is 6.32. The summed E-state index contributed by atoms with van der Waals surface area (Å²) in [5.41, 5.74) is -4.26. The highest BCUT2D eigenvalue weighted by Crippen LogP contribution is 2.38. The molecule has 0 saturated carbocycles. The summed E-state index contributed by atoms with van der Waals surface area (Å²) in [5.74, 6) is -3.14. The van der Waals surface area contributed by atoms with Gasteiger partial charge in [0.1, 0.15) is 17.8 Å². The van der Waals surface area contributed by atoms with Crippen LogP contribution in [-0.2, 0) is 26.7 Å². The van der Waals surface area contributed by atoms with Gasteiger partial charge in [-0.25, -0.2) is 4.39 Å². The second-order valence-electron chi connectivity index (χ2n) is 8.26. The zero-order valence-corrected chi connectivity index (χ0v) is 20.0. The molecule has 0 fully saturated rings. The van der Waals surface area contributed by atoms with Gasteiger partial charge in [-0.05, 0) is 44.2 Å². The number of carbonyl (C=O) groups excluding carboxylic acids is 2. The Morgan fingerprint density at radius 2 is 1.70 bits per heavy atom. The Kier molecular flexibility index (Phi) is 7.77. The fourth-order valence-electron chi connectivity index (χ4n) is 3.73. The molecule has 3 rings (SSSR count). The van der Waals surface area contributed by atoms with E-state index in [4.69, 9.17) is 16.3 Å².